The first kappa shape index (κ1) is 28.2. The number of hydrogen-bond acceptors (Lipinski definition) is 7. The van der Waals surface area contributed by atoms with Crippen LogP contribution >= 0.6 is 0 Å². The topological polar surface area (TPSA) is 182 Å². The Kier molecular flexibility index (Phi) is 28.6. The fraction of sp³-hybridized carbons (Fsp3) is 0.700. The number of carboxylic acids is 3. The third kappa shape index (κ3) is 38.1. The third-order valence-electron chi connectivity index (χ3n) is 1.26. The van der Waals surface area contributed by atoms with Crippen molar-refractivity contribution in [3.63, 3.8) is 0 Å². The van der Waals surface area contributed by atoms with Gasteiger partial charge in [-0.3, -0.25) is 0 Å². The van der Waals surface area contributed by atoms with Crippen molar-refractivity contribution in [3.05, 3.63) is 0 Å². The molecule has 1 unspecified atom stereocenters. The minimum absolute atomic E-state index is 0. The van der Waals surface area contributed by atoms with E-state index in [1.165, 1.54) is 0 Å². The molecule has 0 saturated heterocycles. The summed E-state index contributed by atoms with van der Waals surface area (Å²) in [6.45, 7) is 0.695. The Morgan fingerprint density at radius 1 is 1.05 bits per heavy atom. The minimum atomic E-state index is -1.66. The second-order valence-electron chi connectivity index (χ2n) is 3.02. The summed E-state index contributed by atoms with van der Waals surface area (Å²) in [6.07, 6.45) is 0.0305. The van der Waals surface area contributed by atoms with Gasteiger partial charge in [0.25, 0.3) is 6.29 Å². The molecule has 0 rings (SSSR count). The molecule has 11 heteroatoms. The summed E-state index contributed by atoms with van der Waals surface area (Å²) in [7, 11) is 0. The standard InChI is InChI=1S/C6H12O4.2C2H4O3.Mg.2H/c1-2-3-4-10-6(9)5(7)8;2*3-1-2(4)5;;;/h6,9H,2-4H2,1H3,(H,7,8);2*3H,1H2,(H,4,5);;;/q;;;+2;2*-1. The monoisotopic (exact) mass is 326 g/mol. The Bertz CT molecular complexity index is 266. The van der Waals surface area contributed by atoms with Crippen LogP contribution in [-0.4, -0.2) is 97.7 Å². The van der Waals surface area contributed by atoms with Gasteiger partial charge in [0.15, 0.2) is 0 Å². The van der Waals surface area contributed by atoms with Crippen molar-refractivity contribution in [2.24, 2.45) is 0 Å². The molecule has 6 N–H and O–H groups in total. The van der Waals surface area contributed by atoms with Crippen LogP contribution in [0.25, 0.3) is 0 Å². The number of unbranched alkanes of at least 4 members (excludes halogenated alkanes) is 1. The molecule has 0 aromatic heterocycles. The van der Waals surface area contributed by atoms with Gasteiger partial charge in [-0.2, -0.15) is 0 Å². The van der Waals surface area contributed by atoms with Crippen molar-refractivity contribution in [1.29, 1.82) is 0 Å². The van der Waals surface area contributed by atoms with E-state index in [0.717, 1.165) is 12.8 Å². The van der Waals surface area contributed by atoms with E-state index in [1.54, 1.807) is 0 Å². The van der Waals surface area contributed by atoms with Crippen LogP contribution < -0.4 is 0 Å². The van der Waals surface area contributed by atoms with E-state index in [1.807, 2.05) is 6.92 Å². The first-order valence-corrected chi connectivity index (χ1v) is 5.40. The minimum Gasteiger partial charge on any atom is -1.00 e. The largest absolute Gasteiger partial charge is 2.00 e. The van der Waals surface area contributed by atoms with E-state index in [-0.39, 0.29) is 25.9 Å². The van der Waals surface area contributed by atoms with E-state index in [0.29, 0.717) is 6.61 Å². The van der Waals surface area contributed by atoms with Crippen LogP contribution in [0.5, 0.6) is 0 Å². The van der Waals surface area contributed by atoms with E-state index >= 15 is 0 Å². The van der Waals surface area contributed by atoms with Crippen LogP contribution in [-0.2, 0) is 19.1 Å². The molecule has 21 heavy (non-hydrogen) atoms. The molecule has 0 aliphatic carbocycles. The van der Waals surface area contributed by atoms with Crippen LogP contribution in [0.1, 0.15) is 22.6 Å². The Morgan fingerprint density at radius 2 is 1.38 bits per heavy atom. The summed E-state index contributed by atoms with van der Waals surface area (Å²) in [4.78, 5) is 28.2. The molecule has 0 heterocycles. The van der Waals surface area contributed by atoms with Crippen molar-refractivity contribution < 1.29 is 52.6 Å². The van der Waals surface area contributed by atoms with Crippen LogP contribution in [0.3, 0.4) is 0 Å². The fourth-order valence-corrected chi connectivity index (χ4v) is 0.411. The zero-order valence-electron chi connectivity index (χ0n) is 13.6. The van der Waals surface area contributed by atoms with Crippen LogP contribution in [0.2, 0.25) is 0 Å². The average Bonchev–Trinajstić information content (AvgIpc) is 2.40. The first-order chi connectivity index (χ1) is 9.22. The summed E-state index contributed by atoms with van der Waals surface area (Å²) in [6, 6.07) is 0. The molecule has 124 valence electrons. The molecule has 0 fully saturated rings. The van der Waals surface area contributed by atoms with Crippen molar-refractivity contribution in [1.82, 2.24) is 0 Å². The Labute approximate surface area is 140 Å². The number of aliphatic carboxylic acids is 3. The zero-order chi connectivity index (χ0) is 16.6. The van der Waals surface area contributed by atoms with Gasteiger partial charge < -0.3 is 38.2 Å². The van der Waals surface area contributed by atoms with E-state index < -0.39 is 37.4 Å². The molecule has 10 nitrogen and oxygen atoms in total. The molecule has 0 saturated carbocycles. The second kappa shape index (κ2) is 21.3. The number of carbonyl (C=O) groups is 3. The van der Waals surface area contributed by atoms with Gasteiger partial charge in [0.05, 0.1) is 6.61 Å². The molecular weight excluding hydrogens is 304 g/mol. The van der Waals surface area contributed by atoms with Crippen LogP contribution in [0, 0.1) is 0 Å². The van der Waals surface area contributed by atoms with Gasteiger partial charge in [-0.1, -0.05) is 13.3 Å². The Hall–Kier alpha value is -0.984. The van der Waals surface area contributed by atoms with E-state index in [2.05, 4.69) is 4.74 Å². The molecule has 0 aliphatic rings. The Balaban J connectivity index is -0.0000000483. The van der Waals surface area contributed by atoms with Gasteiger partial charge in [-0.05, 0) is 6.42 Å². The normalized spacial score (nSPS) is 9.71. The van der Waals surface area contributed by atoms with Crippen molar-refractivity contribution in [2.45, 2.75) is 26.1 Å². The maximum absolute atomic E-state index is 9.92. The van der Waals surface area contributed by atoms with Crippen LogP contribution in [0.15, 0.2) is 0 Å². The van der Waals surface area contributed by atoms with E-state index in [4.69, 9.17) is 40.2 Å². The second-order valence-corrected chi connectivity index (χ2v) is 3.02. The number of hydrogen-bond donors (Lipinski definition) is 6. The molecule has 0 bridgehead atoms. The SMILES string of the molecule is CCCCOC(O)C(=O)O.O=C(O)CO.O=C(O)CO.[H-].[H-].[Mg+2]. The van der Waals surface area contributed by atoms with Gasteiger partial charge in [0.1, 0.15) is 13.2 Å². The van der Waals surface area contributed by atoms with Gasteiger partial charge in [-0.25, -0.2) is 14.4 Å². The fourth-order valence-electron chi connectivity index (χ4n) is 0.411. The third-order valence-corrected chi connectivity index (χ3v) is 1.26. The summed E-state index contributed by atoms with van der Waals surface area (Å²) in [5, 5.41) is 46.7. The van der Waals surface area contributed by atoms with Gasteiger partial charge >= 0.3 is 41.0 Å². The molecular formula is C10H22MgO10. The summed E-state index contributed by atoms with van der Waals surface area (Å²) >= 11 is 0. The quantitative estimate of drug-likeness (QED) is 0.177. The number of ether oxygens (including phenoxy) is 1. The molecule has 0 aromatic carbocycles. The summed E-state index contributed by atoms with van der Waals surface area (Å²) < 4.78 is 4.50. The van der Waals surface area contributed by atoms with Gasteiger partial charge in [-0.15, -0.1) is 0 Å². The number of aliphatic hydroxyl groups is 3. The van der Waals surface area contributed by atoms with E-state index in [9.17, 15) is 4.79 Å². The first-order valence-electron chi connectivity index (χ1n) is 5.40. The zero-order valence-corrected chi connectivity index (χ0v) is 13.1. The number of aliphatic hydroxyl groups excluding tert-OH is 3. The summed E-state index contributed by atoms with van der Waals surface area (Å²) in [5.74, 6) is -3.72. The van der Waals surface area contributed by atoms with Crippen molar-refractivity contribution >= 4 is 41.0 Å². The predicted molar refractivity (Wildman–Crippen MR) is 71.9 cm³/mol. The maximum Gasteiger partial charge on any atom is 2.00 e. The Morgan fingerprint density at radius 3 is 1.57 bits per heavy atom. The van der Waals surface area contributed by atoms with Gasteiger partial charge in [0, 0.05) is 0 Å². The molecule has 0 radical (unpaired) electrons. The maximum atomic E-state index is 9.92. The molecule has 0 amide bonds. The molecule has 0 spiro atoms. The van der Waals surface area contributed by atoms with Gasteiger partial charge in [0.2, 0.25) is 0 Å². The summed E-state index contributed by atoms with van der Waals surface area (Å²) in [5.41, 5.74) is 0. The molecule has 0 aliphatic heterocycles. The van der Waals surface area contributed by atoms with Crippen molar-refractivity contribution in [3.8, 4) is 0 Å². The average molecular weight is 327 g/mol. The van der Waals surface area contributed by atoms with Crippen LogP contribution in [0.4, 0.5) is 0 Å². The smallest absolute Gasteiger partial charge is 1.00 e. The predicted octanol–water partition coefficient (Wildman–Crippen LogP) is -1.82. The number of carboxylic acid groups (broad SMARTS) is 3. The molecule has 0 aromatic rings. The van der Waals surface area contributed by atoms with Crippen molar-refractivity contribution in [2.75, 3.05) is 19.8 Å². The number of rotatable bonds is 7. The molecule has 1 atom stereocenters.